The van der Waals surface area contributed by atoms with Gasteiger partial charge < -0.3 is 18.6 Å². The first-order valence-corrected chi connectivity index (χ1v) is 11.1. The molecule has 4 aromatic heterocycles. The van der Waals surface area contributed by atoms with Crippen molar-refractivity contribution in [1.29, 1.82) is 0 Å². The summed E-state index contributed by atoms with van der Waals surface area (Å²) in [6.45, 7) is 4.39. The van der Waals surface area contributed by atoms with E-state index in [1.165, 1.54) is 14.2 Å². The molecule has 0 saturated carbocycles. The first-order valence-electron chi connectivity index (χ1n) is 11.1. The molecular weight excluding hydrogens is 444 g/mol. The Morgan fingerprint density at radius 3 is 2.60 bits per heavy atom. The lowest BCUT2D eigenvalue weighted by atomic mass is 10.0. The molecule has 0 atom stereocenters. The third-order valence-corrected chi connectivity index (χ3v) is 6.02. The number of aromatic nitrogens is 4. The summed E-state index contributed by atoms with van der Waals surface area (Å²) in [4.78, 5) is 21.5. The van der Waals surface area contributed by atoms with E-state index >= 15 is 0 Å². The van der Waals surface area contributed by atoms with Gasteiger partial charge in [-0.2, -0.15) is 0 Å². The normalized spacial score (nSPS) is 11.1. The maximum atomic E-state index is 12.1. The van der Waals surface area contributed by atoms with Crippen LogP contribution in [0.15, 0.2) is 65.6 Å². The molecule has 4 heterocycles. The summed E-state index contributed by atoms with van der Waals surface area (Å²) >= 11 is 0. The summed E-state index contributed by atoms with van der Waals surface area (Å²) in [6.07, 6.45) is 5.67. The van der Waals surface area contributed by atoms with E-state index in [1.54, 1.807) is 12.3 Å². The highest BCUT2D eigenvalue weighted by molar-refractivity contribution is 5.97. The second kappa shape index (κ2) is 9.06. The first-order chi connectivity index (χ1) is 17.0. The molecule has 0 N–H and O–H groups in total. The van der Waals surface area contributed by atoms with Crippen molar-refractivity contribution in [1.82, 2.24) is 19.7 Å². The molecule has 0 fully saturated rings. The second-order valence-electron chi connectivity index (χ2n) is 8.19. The van der Waals surface area contributed by atoms with Crippen LogP contribution in [0.2, 0.25) is 0 Å². The standard InChI is InChI=1S/C27H24N4O4/c1-16-25(17(2)35-30-16)19-11-23-26(29-13-19)22(15-31(23)14-20-7-5-6-10-28-20)18-8-9-21(27(32)34-4)24(12-18)33-3/h5-13,15H,14H2,1-4H3. The second-order valence-corrected chi connectivity index (χ2v) is 8.19. The summed E-state index contributed by atoms with van der Waals surface area (Å²) in [5, 5.41) is 4.09. The van der Waals surface area contributed by atoms with Gasteiger partial charge in [-0.3, -0.25) is 9.97 Å². The van der Waals surface area contributed by atoms with E-state index in [1.807, 2.05) is 50.4 Å². The number of hydrogen-bond donors (Lipinski definition) is 0. The highest BCUT2D eigenvalue weighted by Crippen LogP contribution is 2.36. The van der Waals surface area contributed by atoms with Crippen molar-refractivity contribution in [2.75, 3.05) is 14.2 Å². The van der Waals surface area contributed by atoms with Gasteiger partial charge in [-0.15, -0.1) is 0 Å². The molecule has 0 amide bonds. The Kier molecular flexibility index (Phi) is 5.78. The van der Waals surface area contributed by atoms with Gasteiger partial charge in [0.15, 0.2) is 0 Å². The zero-order valence-corrected chi connectivity index (χ0v) is 19.9. The summed E-state index contributed by atoms with van der Waals surface area (Å²) in [6, 6.07) is 13.4. The molecule has 8 heteroatoms. The van der Waals surface area contributed by atoms with Crippen molar-refractivity contribution in [2.45, 2.75) is 20.4 Å². The molecule has 0 aliphatic carbocycles. The van der Waals surface area contributed by atoms with E-state index in [0.29, 0.717) is 17.9 Å². The molecule has 0 unspecified atom stereocenters. The number of benzene rings is 1. The van der Waals surface area contributed by atoms with Crippen LogP contribution in [0.4, 0.5) is 0 Å². The minimum Gasteiger partial charge on any atom is -0.496 e. The molecule has 0 bridgehead atoms. The summed E-state index contributed by atoms with van der Waals surface area (Å²) in [5.74, 6) is 0.732. The van der Waals surface area contributed by atoms with E-state index in [0.717, 1.165) is 50.4 Å². The lowest BCUT2D eigenvalue weighted by Gasteiger charge is -2.09. The van der Waals surface area contributed by atoms with Crippen LogP contribution in [0.5, 0.6) is 5.75 Å². The predicted octanol–water partition coefficient (Wildman–Crippen LogP) is 5.21. The number of esters is 1. The molecule has 0 spiro atoms. The Labute approximate surface area is 202 Å². The number of carbonyl (C=O) groups excluding carboxylic acids is 1. The van der Waals surface area contributed by atoms with Crippen LogP contribution in [-0.2, 0) is 11.3 Å². The monoisotopic (exact) mass is 468 g/mol. The molecule has 35 heavy (non-hydrogen) atoms. The Hall–Kier alpha value is -4.46. The Morgan fingerprint density at radius 1 is 1.06 bits per heavy atom. The number of aryl methyl sites for hydroxylation is 2. The minimum atomic E-state index is -0.451. The summed E-state index contributed by atoms with van der Waals surface area (Å²) in [7, 11) is 2.88. The van der Waals surface area contributed by atoms with Crippen LogP contribution in [0.25, 0.3) is 33.3 Å². The SMILES string of the molecule is COC(=O)c1ccc(-c2cn(Cc3ccccn3)c3cc(-c4c(C)noc4C)cnc23)cc1OC. The average Bonchev–Trinajstić information content (AvgIpc) is 3.42. The fourth-order valence-corrected chi connectivity index (χ4v) is 4.34. The highest BCUT2D eigenvalue weighted by Gasteiger charge is 2.19. The average molecular weight is 469 g/mol. The van der Waals surface area contributed by atoms with E-state index in [-0.39, 0.29) is 0 Å². The Morgan fingerprint density at radius 2 is 1.91 bits per heavy atom. The zero-order chi connectivity index (χ0) is 24.5. The molecule has 176 valence electrons. The Bertz CT molecular complexity index is 1520. The van der Waals surface area contributed by atoms with Crippen LogP contribution < -0.4 is 4.74 Å². The minimum absolute atomic E-state index is 0.365. The first kappa shape index (κ1) is 22.3. The molecular formula is C27H24N4O4. The number of carbonyl (C=O) groups is 1. The van der Waals surface area contributed by atoms with E-state index < -0.39 is 5.97 Å². The van der Waals surface area contributed by atoms with Crippen molar-refractivity contribution in [3.8, 4) is 28.0 Å². The van der Waals surface area contributed by atoms with Crippen molar-refractivity contribution in [2.24, 2.45) is 0 Å². The van der Waals surface area contributed by atoms with Crippen LogP contribution in [0.1, 0.15) is 27.5 Å². The van der Waals surface area contributed by atoms with E-state index in [4.69, 9.17) is 19.0 Å². The quantitative estimate of drug-likeness (QED) is 0.316. The van der Waals surface area contributed by atoms with Crippen molar-refractivity contribution in [3.05, 3.63) is 83.8 Å². The van der Waals surface area contributed by atoms with Gasteiger partial charge in [0.1, 0.15) is 17.1 Å². The van der Waals surface area contributed by atoms with Gasteiger partial charge in [0.25, 0.3) is 0 Å². The predicted molar refractivity (Wildman–Crippen MR) is 131 cm³/mol. The van der Waals surface area contributed by atoms with Crippen molar-refractivity contribution in [3.63, 3.8) is 0 Å². The molecule has 5 rings (SSSR count). The van der Waals surface area contributed by atoms with Gasteiger partial charge in [0.2, 0.25) is 0 Å². The fraction of sp³-hybridized carbons (Fsp3) is 0.185. The van der Waals surface area contributed by atoms with Gasteiger partial charge in [-0.1, -0.05) is 17.3 Å². The number of ether oxygens (including phenoxy) is 2. The molecule has 0 aliphatic heterocycles. The molecule has 0 radical (unpaired) electrons. The van der Waals surface area contributed by atoms with Gasteiger partial charge in [0, 0.05) is 35.3 Å². The lowest BCUT2D eigenvalue weighted by molar-refractivity contribution is 0.0597. The van der Waals surface area contributed by atoms with Crippen LogP contribution >= 0.6 is 0 Å². The maximum Gasteiger partial charge on any atom is 0.341 e. The van der Waals surface area contributed by atoms with Crippen molar-refractivity contribution >= 4 is 17.0 Å². The third kappa shape index (κ3) is 4.03. The number of nitrogens with zero attached hydrogens (tertiary/aromatic N) is 4. The zero-order valence-electron chi connectivity index (χ0n) is 19.9. The van der Waals surface area contributed by atoms with E-state index in [9.17, 15) is 4.79 Å². The highest BCUT2D eigenvalue weighted by atomic mass is 16.5. The number of hydrogen-bond acceptors (Lipinski definition) is 7. The molecule has 0 saturated heterocycles. The third-order valence-electron chi connectivity index (χ3n) is 6.02. The van der Waals surface area contributed by atoms with E-state index in [2.05, 4.69) is 27.0 Å². The van der Waals surface area contributed by atoms with Gasteiger partial charge in [-0.25, -0.2) is 4.79 Å². The molecule has 0 aliphatic rings. The van der Waals surface area contributed by atoms with Gasteiger partial charge in [-0.05, 0) is 49.7 Å². The van der Waals surface area contributed by atoms with Crippen molar-refractivity contribution < 1.29 is 18.8 Å². The fourth-order valence-electron chi connectivity index (χ4n) is 4.34. The Balaban J connectivity index is 1.69. The topological polar surface area (TPSA) is 92.3 Å². The smallest absolute Gasteiger partial charge is 0.341 e. The maximum absolute atomic E-state index is 12.1. The molecule has 8 nitrogen and oxygen atoms in total. The van der Waals surface area contributed by atoms with Gasteiger partial charge >= 0.3 is 5.97 Å². The number of methoxy groups -OCH3 is 2. The summed E-state index contributed by atoms with van der Waals surface area (Å²) in [5.41, 5.74) is 7.53. The molecule has 1 aromatic carbocycles. The van der Waals surface area contributed by atoms with Crippen LogP contribution in [-0.4, -0.2) is 39.9 Å². The molecule has 5 aromatic rings. The largest absolute Gasteiger partial charge is 0.496 e. The number of fused-ring (bicyclic) bond motifs is 1. The van der Waals surface area contributed by atoms with Crippen LogP contribution in [0, 0.1) is 13.8 Å². The number of pyridine rings is 2. The number of rotatable bonds is 6. The van der Waals surface area contributed by atoms with Crippen LogP contribution in [0.3, 0.4) is 0 Å². The van der Waals surface area contributed by atoms with Gasteiger partial charge in [0.05, 0.1) is 43.2 Å². The lowest BCUT2D eigenvalue weighted by Crippen LogP contribution is -2.04. The summed E-state index contributed by atoms with van der Waals surface area (Å²) < 4.78 is 17.9.